The highest BCUT2D eigenvalue weighted by atomic mass is 16.1. The monoisotopic (exact) mass is 178 g/mol. The average Bonchev–Trinajstić information content (AvgIpc) is 2.32. The van der Waals surface area contributed by atoms with Crippen molar-refractivity contribution in [3.8, 4) is 0 Å². The molecular formula is C12H18O. The maximum atomic E-state index is 11.6. The van der Waals surface area contributed by atoms with Gasteiger partial charge in [0, 0.05) is 12.3 Å². The summed E-state index contributed by atoms with van der Waals surface area (Å²) in [5, 5.41) is 0. The van der Waals surface area contributed by atoms with Gasteiger partial charge < -0.3 is 0 Å². The number of carbonyl (C=O) groups is 1. The summed E-state index contributed by atoms with van der Waals surface area (Å²) in [4.78, 5) is 11.6. The van der Waals surface area contributed by atoms with Gasteiger partial charge in [0.25, 0.3) is 0 Å². The first kappa shape index (κ1) is 8.98. The zero-order valence-electron chi connectivity index (χ0n) is 8.38. The number of ketones is 1. The van der Waals surface area contributed by atoms with E-state index in [0.29, 0.717) is 17.1 Å². The van der Waals surface area contributed by atoms with Gasteiger partial charge in [-0.25, -0.2) is 0 Å². The molecule has 0 saturated heterocycles. The Kier molecular flexibility index (Phi) is 2.27. The first-order valence-corrected chi connectivity index (χ1v) is 5.40. The van der Waals surface area contributed by atoms with Crippen LogP contribution in [-0.4, -0.2) is 5.78 Å². The summed E-state index contributed by atoms with van der Waals surface area (Å²) in [6.45, 7) is 2.31. The summed E-state index contributed by atoms with van der Waals surface area (Å²) < 4.78 is 0. The van der Waals surface area contributed by atoms with Gasteiger partial charge >= 0.3 is 0 Å². The van der Waals surface area contributed by atoms with Gasteiger partial charge in [0.1, 0.15) is 5.78 Å². The molecule has 0 amide bonds. The van der Waals surface area contributed by atoms with Crippen LogP contribution in [0.3, 0.4) is 0 Å². The third-order valence-corrected chi connectivity index (χ3v) is 3.83. The van der Waals surface area contributed by atoms with E-state index in [2.05, 4.69) is 19.1 Å². The van der Waals surface area contributed by atoms with E-state index in [9.17, 15) is 4.79 Å². The van der Waals surface area contributed by atoms with Crippen LogP contribution < -0.4 is 0 Å². The van der Waals surface area contributed by atoms with E-state index in [4.69, 9.17) is 0 Å². The lowest BCUT2D eigenvalue weighted by atomic mass is 9.73. The molecule has 1 nitrogen and oxygen atoms in total. The van der Waals surface area contributed by atoms with E-state index in [1.807, 2.05) is 0 Å². The number of carbonyl (C=O) groups excluding carboxylic acids is 1. The predicted octanol–water partition coefficient (Wildman–Crippen LogP) is 3.10. The van der Waals surface area contributed by atoms with Gasteiger partial charge in [-0.3, -0.25) is 4.79 Å². The third-order valence-electron chi connectivity index (χ3n) is 3.83. The van der Waals surface area contributed by atoms with Crippen molar-refractivity contribution in [2.24, 2.45) is 11.3 Å². The van der Waals surface area contributed by atoms with Crippen LogP contribution >= 0.6 is 0 Å². The van der Waals surface area contributed by atoms with Crippen molar-refractivity contribution >= 4 is 5.78 Å². The molecule has 0 heterocycles. The van der Waals surface area contributed by atoms with Gasteiger partial charge in [-0.15, -0.1) is 0 Å². The van der Waals surface area contributed by atoms with Crippen LogP contribution in [0.15, 0.2) is 12.2 Å². The Morgan fingerprint density at radius 1 is 1.38 bits per heavy atom. The number of allylic oxidation sites excluding steroid dienone is 2. The van der Waals surface area contributed by atoms with E-state index in [1.165, 1.54) is 19.3 Å². The minimum atomic E-state index is 0.335. The Balaban J connectivity index is 2.21. The Bertz CT molecular complexity index is 242. The zero-order chi connectivity index (χ0) is 9.31. The Morgan fingerprint density at radius 2 is 2.23 bits per heavy atom. The van der Waals surface area contributed by atoms with Crippen molar-refractivity contribution in [2.45, 2.75) is 45.4 Å². The van der Waals surface area contributed by atoms with Crippen LogP contribution in [0, 0.1) is 11.3 Å². The number of hydrogen-bond donors (Lipinski definition) is 0. The van der Waals surface area contributed by atoms with E-state index in [-0.39, 0.29) is 0 Å². The van der Waals surface area contributed by atoms with Crippen molar-refractivity contribution in [2.75, 3.05) is 0 Å². The molecule has 0 aliphatic heterocycles. The summed E-state index contributed by atoms with van der Waals surface area (Å²) in [5.41, 5.74) is 0.335. The highest BCUT2D eigenvalue weighted by Crippen LogP contribution is 2.47. The van der Waals surface area contributed by atoms with Gasteiger partial charge in [0.2, 0.25) is 0 Å². The molecule has 0 aromatic heterocycles. The third kappa shape index (κ3) is 1.56. The maximum absolute atomic E-state index is 11.6. The molecule has 1 saturated carbocycles. The fourth-order valence-corrected chi connectivity index (χ4v) is 2.83. The van der Waals surface area contributed by atoms with Crippen molar-refractivity contribution in [3.63, 3.8) is 0 Å². The maximum Gasteiger partial charge on any atom is 0.136 e. The molecular weight excluding hydrogens is 160 g/mol. The summed E-state index contributed by atoms with van der Waals surface area (Å²) in [6.07, 6.45) is 11.1. The molecule has 2 rings (SSSR count). The van der Waals surface area contributed by atoms with Crippen LogP contribution in [0.1, 0.15) is 45.4 Å². The summed E-state index contributed by atoms with van der Waals surface area (Å²) in [6, 6.07) is 0. The summed E-state index contributed by atoms with van der Waals surface area (Å²) in [5.74, 6) is 0.845. The normalized spacial score (nSPS) is 42.2. The lowest BCUT2D eigenvalue weighted by molar-refractivity contribution is -0.122. The Hall–Kier alpha value is -0.590. The Morgan fingerprint density at radius 3 is 3.08 bits per heavy atom. The van der Waals surface area contributed by atoms with Gasteiger partial charge in [0.15, 0.2) is 0 Å². The number of fused-ring (bicyclic) bond motifs is 1. The highest BCUT2D eigenvalue weighted by Gasteiger charge is 2.43. The van der Waals surface area contributed by atoms with Crippen LogP contribution in [0.25, 0.3) is 0 Å². The van der Waals surface area contributed by atoms with Gasteiger partial charge in [-0.1, -0.05) is 19.1 Å². The summed E-state index contributed by atoms with van der Waals surface area (Å²) in [7, 11) is 0. The highest BCUT2D eigenvalue weighted by molar-refractivity contribution is 5.84. The van der Waals surface area contributed by atoms with Crippen LogP contribution in [0.5, 0.6) is 0 Å². The molecule has 1 fully saturated rings. The van der Waals surface area contributed by atoms with E-state index in [1.54, 1.807) is 0 Å². The van der Waals surface area contributed by atoms with Crippen molar-refractivity contribution in [1.29, 1.82) is 0 Å². The average molecular weight is 178 g/mol. The van der Waals surface area contributed by atoms with Gasteiger partial charge in [-0.2, -0.15) is 0 Å². The van der Waals surface area contributed by atoms with E-state index in [0.717, 1.165) is 19.3 Å². The molecule has 72 valence electrons. The fraction of sp³-hybridized carbons (Fsp3) is 0.750. The molecule has 0 radical (unpaired) electrons. The second-order valence-electron chi connectivity index (χ2n) is 4.77. The molecule has 13 heavy (non-hydrogen) atoms. The number of Topliss-reactive ketones (excluding diaryl/α,β-unsaturated/α-hetero) is 1. The number of rotatable bonds is 0. The van der Waals surface area contributed by atoms with Gasteiger partial charge in [-0.05, 0) is 37.5 Å². The zero-order valence-corrected chi connectivity index (χ0v) is 8.38. The molecule has 2 aliphatic rings. The lowest BCUT2D eigenvalue weighted by Crippen LogP contribution is -2.25. The minimum absolute atomic E-state index is 0.335. The predicted molar refractivity (Wildman–Crippen MR) is 53.4 cm³/mol. The van der Waals surface area contributed by atoms with Crippen LogP contribution in [-0.2, 0) is 4.79 Å². The smallest absolute Gasteiger partial charge is 0.136 e. The molecule has 2 unspecified atom stereocenters. The van der Waals surface area contributed by atoms with Crippen LogP contribution in [0.4, 0.5) is 0 Å². The Labute approximate surface area is 80.2 Å². The SMILES string of the molecule is CC12CCC/C=C\CC1C(=O)CC2. The first-order valence-electron chi connectivity index (χ1n) is 5.40. The van der Waals surface area contributed by atoms with E-state index >= 15 is 0 Å². The van der Waals surface area contributed by atoms with Crippen LogP contribution in [0.2, 0.25) is 0 Å². The quantitative estimate of drug-likeness (QED) is 0.521. The standard InChI is InChI=1S/C12H18O/c1-12-8-5-3-2-4-6-10(12)11(13)7-9-12/h2,4,10H,3,5-9H2,1H3/b4-2-. The summed E-state index contributed by atoms with van der Waals surface area (Å²) >= 11 is 0. The second-order valence-corrected chi connectivity index (χ2v) is 4.77. The fourth-order valence-electron chi connectivity index (χ4n) is 2.83. The minimum Gasteiger partial charge on any atom is -0.299 e. The molecule has 0 aromatic rings. The van der Waals surface area contributed by atoms with Gasteiger partial charge in [0.05, 0.1) is 0 Å². The molecule has 2 atom stereocenters. The van der Waals surface area contributed by atoms with Crippen molar-refractivity contribution in [1.82, 2.24) is 0 Å². The molecule has 1 heteroatoms. The second kappa shape index (κ2) is 3.28. The topological polar surface area (TPSA) is 17.1 Å². The first-order chi connectivity index (χ1) is 6.22. The van der Waals surface area contributed by atoms with Crippen molar-refractivity contribution in [3.05, 3.63) is 12.2 Å². The molecule has 0 aromatic carbocycles. The largest absolute Gasteiger partial charge is 0.299 e. The lowest BCUT2D eigenvalue weighted by Gasteiger charge is -2.31. The van der Waals surface area contributed by atoms with E-state index < -0.39 is 0 Å². The van der Waals surface area contributed by atoms with Crippen molar-refractivity contribution < 1.29 is 4.79 Å². The number of hydrogen-bond acceptors (Lipinski definition) is 1. The molecule has 0 N–H and O–H groups in total. The molecule has 0 bridgehead atoms. The molecule has 0 spiro atoms. The molecule has 2 aliphatic carbocycles.